The molecule has 13 heteroatoms. The number of amides is 2. The SMILES string of the molecule is CC[C@H](C)[C@H](N)C(=O)NCC1=CC(C(=O)C[C@H](NC(=O)[C@@H](N)Cc2ccccc2)C(=O)O)=C(C(=O)C(C[C@H](O)[C@@H](N)CC(C)C)C(C)C)CO1. The van der Waals surface area contributed by atoms with Crippen LogP contribution >= 0.6 is 0 Å². The third-order valence-corrected chi connectivity index (χ3v) is 9.14. The lowest BCUT2D eigenvalue weighted by atomic mass is 9.79. The Labute approximate surface area is 295 Å². The maximum Gasteiger partial charge on any atom is 0.326 e. The van der Waals surface area contributed by atoms with Gasteiger partial charge in [0.1, 0.15) is 18.4 Å². The Morgan fingerprint density at radius 2 is 1.58 bits per heavy atom. The fraction of sp³-hybridized carbons (Fsp3) is 0.595. The van der Waals surface area contributed by atoms with Crippen molar-refractivity contribution < 1.29 is 38.9 Å². The number of carbonyl (C=O) groups is 5. The van der Waals surface area contributed by atoms with Crippen molar-refractivity contribution >= 4 is 29.4 Å². The van der Waals surface area contributed by atoms with Crippen molar-refractivity contribution in [3.8, 4) is 0 Å². The van der Waals surface area contributed by atoms with Crippen molar-refractivity contribution in [1.29, 1.82) is 0 Å². The first-order valence-corrected chi connectivity index (χ1v) is 17.4. The van der Waals surface area contributed by atoms with Gasteiger partial charge in [0.2, 0.25) is 11.8 Å². The van der Waals surface area contributed by atoms with Crippen molar-refractivity contribution in [3.63, 3.8) is 0 Å². The van der Waals surface area contributed by atoms with E-state index < -0.39 is 72.0 Å². The quantitative estimate of drug-likeness (QED) is 0.0976. The first kappa shape index (κ1) is 42.3. The molecule has 1 aliphatic rings. The zero-order valence-corrected chi connectivity index (χ0v) is 30.2. The number of benzene rings is 1. The van der Waals surface area contributed by atoms with E-state index in [0.29, 0.717) is 12.8 Å². The van der Waals surface area contributed by atoms with Gasteiger partial charge in [0.15, 0.2) is 11.6 Å². The molecule has 13 nitrogen and oxygen atoms in total. The molecule has 0 aromatic heterocycles. The highest BCUT2D eigenvalue weighted by atomic mass is 16.5. The average molecular weight is 700 g/mol. The number of rotatable bonds is 21. The smallest absolute Gasteiger partial charge is 0.326 e. The highest BCUT2D eigenvalue weighted by Gasteiger charge is 2.35. The number of aliphatic hydroxyl groups is 1. The number of Topliss-reactive ketones (excluding diaryl/α,β-unsaturated/α-hetero) is 2. The molecular weight excluding hydrogens is 642 g/mol. The molecule has 1 aliphatic heterocycles. The first-order valence-electron chi connectivity index (χ1n) is 17.4. The molecule has 2 rings (SSSR count). The predicted octanol–water partition coefficient (Wildman–Crippen LogP) is 1.75. The standard InChI is InChI=1S/C37H57N5O8/c1-7-22(6)33(40)36(47)41-18-24-15-26(27(19-50-24)34(45)25(21(4)5)16-32(44)28(38)13-20(2)3)31(43)17-30(37(48)49)42-35(46)29(39)14-23-11-9-8-10-12-23/h8-12,15,20-22,25,28-30,32-33,44H,7,13-14,16-19,38-40H2,1-6H3,(H,41,47)(H,42,46)(H,48,49)/t22-,25?,28-,29-,30-,32-,33-/m0/s1. The summed E-state index contributed by atoms with van der Waals surface area (Å²) in [5.74, 6) is -4.51. The van der Waals surface area contributed by atoms with Crippen LogP contribution in [-0.4, -0.2) is 83.0 Å². The van der Waals surface area contributed by atoms with Gasteiger partial charge in [-0.2, -0.15) is 0 Å². The van der Waals surface area contributed by atoms with Crippen LogP contribution in [0.25, 0.3) is 0 Å². The van der Waals surface area contributed by atoms with Gasteiger partial charge in [-0.3, -0.25) is 19.2 Å². The van der Waals surface area contributed by atoms with Gasteiger partial charge in [-0.15, -0.1) is 0 Å². The van der Waals surface area contributed by atoms with Crippen LogP contribution in [0.3, 0.4) is 0 Å². The van der Waals surface area contributed by atoms with Crippen LogP contribution in [0.4, 0.5) is 0 Å². The second-order valence-corrected chi connectivity index (χ2v) is 14.1. The molecule has 0 saturated heterocycles. The van der Waals surface area contributed by atoms with Crippen LogP contribution in [0.15, 0.2) is 53.3 Å². The molecule has 10 N–H and O–H groups in total. The number of hydrogen-bond acceptors (Lipinski definition) is 10. The molecule has 0 spiro atoms. The van der Waals surface area contributed by atoms with E-state index in [1.807, 2.05) is 47.6 Å². The average Bonchev–Trinajstić information content (AvgIpc) is 3.07. The number of allylic oxidation sites excluding steroid dienone is 2. The largest absolute Gasteiger partial charge is 0.491 e. The molecule has 1 aromatic carbocycles. The number of hydrogen-bond donors (Lipinski definition) is 7. The maximum absolute atomic E-state index is 14.1. The van der Waals surface area contributed by atoms with Gasteiger partial charge in [-0.05, 0) is 48.7 Å². The summed E-state index contributed by atoms with van der Waals surface area (Å²) in [7, 11) is 0. The summed E-state index contributed by atoms with van der Waals surface area (Å²) < 4.78 is 5.83. The molecule has 278 valence electrons. The van der Waals surface area contributed by atoms with E-state index in [-0.39, 0.29) is 60.7 Å². The van der Waals surface area contributed by atoms with Gasteiger partial charge < -0.3 is 42.8 Å². The number of ether oxygens (including phenoxy) is 1. The molecule has 0 radical (unpaired) electrons. The Hall–Kier alpha value is -3.91. The summed E-state index contributed by atoms with van der Waals surface area (Å²) >= 11 is 0. The van der Waals surface area contributed by atoms with Crippen LogP contribution in [0.1, 0.15) is 72.8 Å². The summed E-state index contributed by atoms with van der Waals surface area (Å²) in [6, 6.07) is 4.90. The minimum atomic E-state index is -1.65. The van der Waals surface area contributed by atoms with E-state index in [2.05, 4.69) is 10.6 Å². The predicted molar refractivity (Wildman–Crippen MR) is 190 cm³/mol. The third-order valence-electron chi connectivity index (χ3n) is 9.14. The fourth-order valence-corrected chi connectivity index (χ4v) is 5.67. The van der Waals surface area contributed by atoms with Gasteiger partial charge in [0.05, 0.1) is 24.7 Å². The van der Waals surface area contributed by atoms with Crippen LogP contribution < -0.4 is 27.8 Å². The lowest BCUT2D eigenvalue weighted by Crippen LogP contribution is -2.50. The normalized spacial score (nSPS) is 17.5. The third kappa shape index (κ3) is 12.8. The van der Waals surface area contributed by atoms with Gasteiger partial charge in [-0.25, -0.2) is 4.79 Å². The van der Waals surface area contributed by atoms with E-state index in [9.17, 15) is 34.2 Å². The molecule has 1 heterocycles. The number of ketones is 2. The molecular formula is C37H57N5O8. The number of aliphatic hydroxyl groups excluding tert-OH is 1. The molecule has 2 amide bonds. The first-order chi connectivity index (χ1) is 23.5. The van der Waals surface area contributed by atoms with Crippen LogP contribution in [0.2, 0.25) is 0 Å². The Balaban J connectivity index is 2.42. The van der Waals surface area contributed by atoms with Gasteiger partial charge in [-0.1, -0.05) is 78.3 Å². The van der Waals surface area contributed by atoms with Crippen molar-refractivity contribution in [2.45, 2.75) is 104 Å². The Bertz CT molecular complexity index is 1390. The van der Waals surface area contributed by atoms with E-state index >= 15 is 0 Å². The van der Waals surface area contributed by atoms with Gasteiger partial charge in [0.25, 0.3) is 0 Å². The molecule has 1 aromatic rings. The molecule has 1 unspecified atom stereocenters. The number of nitrogens with one attached hydrogen (secondary N) is 2. The molecule has 7 atom stereocenters. The van der Waals surface area contributed by atoms with Crippen LogP contribution in [0, 0.1) is 23.7 Å². The fourth-order valence-electron chi connectivity index (χ4n) is 5.67. The van der Waals surface area contributed by atoms with Gasteiger partial charge >= 0.3 is 5.97 Å². The van der Waals surface area contributed by atoms with E-state index in [4.69, 9.17) is 21.9 Å². The topological polar surface area (TPSA) is 237 Å². The minimum absolute atomic E-state index is 0.000887. The van der Waals surface area contributed by atoms with Crippen LogP contribution in [-0.2, 0) is 35.1 Å². The minimum Gasteiger partial charge on any atom is -0.491 e. The lowest BCUT2D eigenvalue weighted by Gasteiger charge is -2.29. The summed E-state index contributed by atoms with van der Waals surface area (Å²) in [6.45, 7) is 10.9. The summed E-state index contributed by atoms with van der Waals surface area (Å²) in [5.41, 5.74) is 19.0. The molecule has 0 bridgehead atoms. The van der Waals surface area contributed by atoms with Crippen molar-refractivity contribution in [1.82, 2.24) is 10.6 Å². The van der Waals surface area contributed by atoms with Gasteiger partial charge in [0, 0.05) is 29.5 Å². The second kappa shape index (κ2) is 20.1. The zero-order chi connectivity index (χ0) is 37.7. The summed E-state index contributed by atoms with van der Waals surface area (Å²) in [4.78, 5) is 65.8. The number of carboxylic acids is 1. The van der Waals surface area contributed by atoms with E-state index in [0.717, 1.165) is 5.56 Å². The summed E-state index contributed by atoms with van der Waals surface area (Å²) in [5, 5.41) is 25.9. The van der Waals surface area contributed by atoms with Crippen LogP contribution in [0.5, 0.6) is 0 Å². The summed E-state index contributed by atoms with van der Waals surface area (Å²) in [6.07, 6.45) is 1.07. The number of carboxylic acid groups (broad SMARTS) is 1. The van der Waals surface area contributed by atoms with Crippen molar-refractivity contribution in [2.24, 2.45) is 40.9 Å². The number of aliphatic carboxylic acids is 1. The Kier molecular flexibility index (Phi) is 17.0. The lowest BCUT2D eigenvalue weighted by molar-refractivity contribution is -0.143. The van der Waals surface area contributed by atoms with E-state index in [1.165, 1.54) is 6.08 Å². The highest BCUT2D eigenvalue weighted by Crippen LogP contribution is 2.29. The molecule has 0 aliphatic carbocycles. The maximum atomic E-state index is 14.1. The Morgan fingerprint density at radius 3 is 2.14 bits per heavy atom. The number of carbonyl (C=O) groups excluding carboxylic acids is 4. The molecule has 0 saturated carbocycles. The van der Waals surface area contributed by atoms with Crippen molar-refractivity contribution in [3.05, 3.63) is 58.9 Å². The Morgan fingerprint density at radius 1 is 0.940 bits per heavy atom. The zero-order valence-electron chi connectivity index (χ0n) is 30.2. The molecule has 50 heavy (non-hydrogen) atoms. The molecule has 0 fully saturated rings. The second-order valence-electron chi connectivity index (χ2n) is 14.1. The van der Waals surface area contributed by atoms with Crippen molar-refractivity contribution in [2.75, 3.05) is 13.2 Å². The van der Waals surface area contributed by atoms with E-state index in [1.54, 1.807) is 24.3 Å². The highest BCUT2D eigenvalue weighted by molar-refractivity contribution is 6.10. The number of nitrogens with two attached hydrogens (primary N) is 3. The monoisotopic (exact) mass is 699 g/mol.